The zero-order valence-electron chi connectivity index (χ0n) is 12.8. The maximum absolute atomic E-state index is 13.4. The van der Waals surface area contributed by atoms with E-state index in [1.165, 1.54) is 6.07 Å². The smallest absolute Gasteiger partial charge is 0.128 e. The van der Waals surface area contributed by atoms with E-state index in [1.807, 2.05) is 0 Å². The summed E-state index contributed by atoms with van der Waals surface area (Å²) in [6.45, 7) is 7.94. The molecule has 1 aliphatic carbocycles. The molecule has 1 heterocycles. The van der Waals surface area contributed by atoms with Crippen LogP contribution in [0.5, 0.6) is 0 Å². The topological polar surface area (TPSA) is 32.7 Å². The standard InChI is InChI=1S/C17H24FNO2/c1-17(2)14-8-19(9-15(14)17)7-13(20)11-21-10-12-5-3-4-6-16(12)18/h3-6,13-15,20H,7-11H2,1-2H3. The number of hydrogen-bond donors (Lipinski definition) is 1. The summed E-state index contributed by atoms with van der Waals surface area (Å²) >= 11 is 0. The molecule has 1 aliphatic heterocycles. The van der Waals surface area contributed by atoms with Gasteiger partial charge >= 0.3 is 0 Å². The quantitative estimate of drug-likeness (QED) is 0.873. The number of ether oxygens (including phenoxy) is 1. The highest BCUT2D eigenvalue weighted by atomic mass is 19.1. The van der Waals surface area contributed by atoms with Gasteiger partial charge < -0.3 is 14.7 Å². The Balaban J connectivity index is 1.36. The van der Waals surface area contributed by atoms with Gasteiger partial charge in [-0.3, -0.25) is 0 Å². The van der Waals surface area contributed by atoms with Crippen molar-refractivity contribution in [2.24, 2.45) is 17.3 Å². The van der Waals surface area contributed by atoms with Crippen LogP contribution in [-0.4, -0.2) is 42.4 Å². The van der Waals surface area contributed by atoms with Crippen molar-refractivity contribution in [2.45, 2.75) is 26.6 Å². The number of hydrogen-bond acceptors (Lipinski definition) is 3. The Labute approximate surface area is 125 Å². The summed E-state index contributed by atoms with van der Waals surface area (Å²) in [6.07, 6.45) is -0.502. The Morgan fingerprint density at radius 1 is 1.33 bits per heavy atom. The second-order valence-corrected chi connectivity index (χ2v) is 7.01. The van der Waals surface area contributed by atoms with E-state index in [0.29, 0.717) is 17.5 Å². The van der Waals surface area contributed by atoms with Gasteiger partial charge in [-0.05, 0) is 23.3 Å². The largest absolute Gasteiger partial charge is 0.389 e. The van der Waals surface area contributed by atoms with Crippen molar-refractivity contribution in [3.63, 3.8) is 0 Å². The number of piperidine rings is 1. The van der Waals surface area contributed by atoms with Crippen molar-refractivity contribution in [2.75, 3.05) is 26.2 Å². The molecular weight excluding hydrogens is 269 g/mol. The van der Waals surface area contributed by atoms with Crippen molar-refractivity contribution >= 4 is 0 Å². The summed E-state index contributed by atoms with van der Waals surface area (Å²) in [5, 5.41) is 10.0. The van der Waals surface area contributed by atoms with Crippen molar-refractivity contribution in [3.05, 3.63) is 35.6 Å². The minimum atomic E-state index is -0.502. The van der Waals surface area contributed by atoms with Gasteiger partial charge in [0.25, 0.3) is 0 Å². The average molecular weight is 293 g/mol. The molecule has 3 nitrogen and oxygen atoms in total. The van der Waals surface area contributed by atoms with Gasteiger partial charge in [-0.2, -0.15) is 0 Å². The summed E-state index contributed by atoms with van der Waals surface area (Å²) < 4.78 is 18.8. The summed E-state index contributed by atoms with van der Waals surface area (Å²) in [6, 6.07) is 6.58. The Kier molecular flexibility index (Phi) is 4.04. The lowest BCUT2D eigenvalue weighted by Gasteiger charge is -2.24. The monoisotopic (exact) mass is 293 g/mol. The highest BCUT2D eigenvalue weighted by molar-refractivity contribution is 5.16. The van der Waals surface area contributed by atoms with Crippen LogP contribution in [-0.2, 0) is 11.3 Å². The highest BCUT2D eigenvalue weighted by Crippen LogP contribution is 2.61. The molecular formula is C17H24FNO2. The molecule has 3 unspecified atom stereocenters. The first-order chi connectivity index (χ1) is 9.98. The van der Waals surface area contributed by atoms with Gasteiger partial charge in [0, 0.05) is 25.2 Å². The van der Waals surface area contributed by atoms with Gasteiger partial charge in [-0.15, -0.1) is 0 Å². The lowest BCUT2D eigenvalue weighted by molar-refractivity contribution is 0.00958. The fourth-order valence-electron chi connectivity index (χ4n) is 3.63. The van der Waals surface area contributed by atoms with Crippen LogP contribution in [0.2, 0.25) is 0 Å². The molecule has 0 radical (unpaired) electrons. The van der Waals surface area contributed by atoms with E-state index < -0.39 is 6.10 Å². The van der Waals surface area contributed by atoms with Gasteiger partial charge in [0.15, 0.2) is 0 Å². The van der Waals surface area contributed by atoms with Crippen LogP contribution in [0.15, 0.2) is 24.3 Å². The van der Waals surface area contributed by atoms with Gasteiger partial charge in [0.2, 0.25) is 0 Å². The van der Waals surface area contributed by atoms with E-state index in [4.69, 9.17) is 4.74 Å². The Morgan fingerprint density at radius 2 is 2.00 bits per heavy atom. The molecule has 21 heavy (non-hydrogen) atoms. The lowest BCUT2D eigenvalue weighted by atomic mass is 10.1. The number of aliphatic hydroxyl groups excluding tert-OH is 1. The molecule has 116 valence electrons. The van der Waals surface area contributed by atoms with Crippen LogP contribution >= 0.6 is 0 Å². The van der Waals surface area contributed by atoms with Crippen LogP contribution < -0.4 is 0 Å². The molecule has 0 bridgehead atoms. The molecule has 2 fully saturated rings. The lowest BCUT2D eigenvalue weighted by Crippen LogP contribution is -2.36. The van der Waals surface area contributed by atoms with Crippen molar-refractivity contribution in [1.82, 2.24) is 4.90 Å². The van der Waals surface area contributed by atoms with Crippen molar-refractivity contribution in [3.8, 4) is 0 Å². The Hall–Kier alpha value is -0.970. The van der Waals surface area contributed by atoms with Gasteiger partial charge in [-0.25, -0.2) is 4.39 Å². The van der Waals surface area contributed by atoms with Crippen LogP contribution in [0.25, 0.3) is 0 Å². The molecule has 0 aromatic heterocycles. The number of nitrogens with zero attached hydrogens (tertiary/aromatic N) is 1. The summed E-state index contributed by atoms with van der Waals surface area (Å²) in [5.74, 6) is 1.34. The van der Waals surface area contributed by atoms with E-state index in [-0.39, 0.29) is 19.0 Å². The van der Waals surface area contributed by atoms with E-state index in [1.54, 1.807) is 18.2 Å². The van der Waals surface area contributed by atoms with Gasteiger partial charge in [0.1, 0.15) is 5.82 Å². The van der Waals surface area contributed by atoms with Crippen LogP contribution in [0, 0.1) is 23.1 Å². The van der Waals surface area contributed by atoms with E-state index in [9.17, 15) is 9.50 Å². The number of fused-ring (bicyclic) bond motifs is 1. The summed E-state index contributed by atoms with van der Waals surface area (Å²) in [4.78, 5) is 2.32. The predicted molar refractivity (Wildman–Crippen MR) is 79.3 cm³/mol. The number of rotatable bonds is 6. The summed E-state index contributed by atoms with van der Waals surface area (Å²) in [7, 11) is 0. The molecule has 1 aromatic carbocycles. The fourth-order valence-corrected chi connectivity index (χ4v) is 3.63. The van der Waals surface area contributed by atoms with Crippen LogP contribution in [0.1, 0.15) is 19.4 Å². The Morgan fingerprint density at radius 3 is 2.67 bits per heavy atom. The third-order valence-corrected chi connectivity index (χ3v) is 5.19. The van der Waals surface area contributed by atoms with Gasteiger partial charge in [-0.1, -0.05) is 32.0 Å². The molecule has 2 aliphatic rings. The number of halogens is 1. The van der Waals surface area contributed by atoms with Crippen LogP contribution in [0.3, 0.4) is 0 Å². The number of likely N-dealkylation sites (tertiary alicyclic amines) is 1. The fraction of sp³-hybridized carbons (Fsp3) is 0.647. The van der Waals surface area contributed by atoms with E-state index >= 15 is 0 Å². The first-order valence-electron chi connectivity index (χ1n) is 7.70. The SMILES string of the molecule is CC1(C)C2CN(CC(O)COCc3ccccc3F)CC21. The van der Waals surface area contributed by atoms with Crippen molar-refractivity contribution in [1.29, 1.82) is 0 Å². The average Bonchev–Trinajstić information content (AvgIpc) is 2.78. The Bertz CT molecular complexity index is 491. The number of β-amino-alcohol motifs (C(OH)–C–C–N with tert-alkyl or cyclic N) is 1. The zero-order valence-corrected chi connectivity index (χ0v) is 12.8. The number of aliphatic hydroxyl groups is 1. The second kappa shape index (κ2) is 5.67. The summed E-state index contributed by atoms with van der Waals surface area (Å²) in [5.41, 5.74) is 1.04. The molecule has 1 saturated carbocycles. The molecule has 1 saturated heterocycles. The minimum absolute atomic E-state index is 0.210. The highest BCUT2D eigenvalue weighted by Gasteiger charge is 2.61. The molecule has 3 atom stereocenters. The number of benzene rings is 1. The third-order valence-electron chi connectivity index (χ3n) is 5.19. The molecule has 0 amide bonds. The van der Waals surface area contributed by atoms with E-state index in [0.717, 1.165) is 24.9 Å². The molecule has 3 rings (SSSR count). The van der Waals surface area contributed by atoms with Crippen molar-refractivity contribution < 1.29 is 14.2 Å². The predicted octanol–water partition coefficient (Wildman–Crippen LogP) is 2.29. The zero-order chi connectivity index (χ0) is 15.0. The molecule has 4 heteroatoms. The first-order valence-corrected chi connectivity index (χ1v) is 7.70. The van der Waals surface area contributed by atoms with Gasteiger partial charge in [0.05, 0.1) is 19.3 Å². The normalized spacial score (nSPS) is 28.4. The van der Waals surface area contributed by atoms with E-state index in [2.05, 4.69) is 18.7 Å². The molecule has 1 N–H and O–H groups in total. The maximum Gasteiger partial charge on any atom is 0.128 e. The second-order valence-electron chi connectivity index (χ2n) is 7.01. The minimum Gasteiger partial charge on any atom is -0.389 e. The molecule has 0 spiro atoms. The first kappa shape index (κ1) is 14.9. The maximum atomic E-state index is 13.4. The van der Waals surface area contributed by atoms with Crippen LogP contribution in [0.4, 0.5) is 4.39 Å². The molecule has 1 aromatic rings. The third kappa shape index (κ3) is 3.12.